The number of nitrogens with zero attached hydrogens (tertiary/aromatic N) is 4. The second kappa shape index (κ2) is 8.25. The van der Waals surface area contributed by atoms with Crippen LogP contribution in [-0.4, -0.2) is 38.6 Å². The van der Waals surface area contributed by atoms with Gasteiger partial charge in [-0.15, -0.1) is 0 Å². The van der Waals surface area contributed by atoms with Crippen LogP contribution in [0.2, 0.25) is 0 Å². The smallest absolute Gasteiger partial charge is 0.321 e. The summed E-state index contributed by atoms with van der Waals surface area (Å²) in [6, 6.07) is 13.8. The second-order valence-corrected chi connectivity index (χ2v) is 7.24. The first-order chi connectivity index (χ1) is 13.7. The number of likely N-dealkylation sites (tertiary alicyclic amines) is 1. The number of benzene rings is 1. The van der Waals surface area contributed by atoms with Gasteiger partial charge >= 0.3 is 6.03 Å². The van der Waals surface area contributed by atoms with E-state index >= 15 is 0 Å². The predicted molar refractivity (Wildman–Crippen MR) is 109 cm³/mol. The Morgan fingerprint density at radius 1 is 1.07 bits per heavy atom. The van der Waals surface area contributed by atoms with Crippen LogP contribution in [0.15, 0.2) is 61.1 Å². The van der Waals surface area contributed by atoms with Crippen molar-refractivity contribution in [2.45, 2.75) is 32.2 Å². The zero-order valence-corrected chi connectivity index (χ0v) is 16.1. The number of carbonyl (C=O) groups excluding carboxylic acids is 1. The van der Waals surface area contributed by atoms with Gasteiger partial charge in [-0.25, -0.2) is 9.78 Å². The maximum absolute atomic E-state index is 12.6. The Morgan fingerprint density at radius 2 is 1.86 bits per heavy atom. The number of piperidine rings is 1. The summed E-state index contributed by atoms with van der Waals surface area (Å²) in [5, 5.41) is 3.03. The standard InChI is InChI=1S/C22H25N5O/c1-17-6-2-3-8-20(17)25-22(28)26-13-9-18(10-14-26)21-24-12-15-27(21)16-19-7-4-5-11-23-19/h2-8,11-12,15,18H,9-10,13-14,16H2,1H3,(H,25,28). The van der Waals surface area contributed by atoms with Gasteiger partial charge in [-0.3, -0.25) is 4.98 Å². The molecule has 3 heterocycles. The van der Waals surface area contributed by atoms with E-state index < -0.39 is 0 Å². The van der Waals surface area contributed by atoms with Gasteiger partial charge in [0.05, 0.1) is 12.2 Å². The highest BCUT2D eigenvalue weighted by atomic mass is 16.2. The fourth-order valence-electron chi connectivity index (χ4n) is 3.73. The quantitative estimate of drug-likeness (QED) is 0.748. The molecular weight excluding hydrogens is 350 g/mol. The summed E-state index contributed by atoms with van der Waals surface area (Å²) in [5.41, 5.74) is 2.97. The first kappa shape index (κ1) is 18.2. The average Bonchev–Trinajstić information content (AvgIpc) is 3.18. The van der Waals surface area contributed by atoms with Crippen molar-refractivity contribution in [3.8, 4) is 0 Å². The van der Waals surface area contributed by atoms with Crippen molar-refractivity contribution in [2.24, 2.45) is 0 Å². The zero-order valence-electron chi connectivity index (χ0n) is 16.1. The van der Waals surface area contributed by atoms with Crippen LogP contribution in [0.1, 0.15) is 35.8 Å². The van der Waals surface area contributed by atoms with Crippen LogP contribution in [0, 0.1) is 6.92 Å². The van der Waals surface area contributed by atoms with E-state index in [9.17, 15) is 4.79 Å². The van der Waals surface area contributed by atoms with Gasteiger partial charge in [0.25, 0.3) is 0 Å². The van der Waals surface area contributed by atoms with Crippen molar-refractivity contribution in [1.29, 1.82) is 0 Å². The van der Waals surface area contributed by atoms with Crippen LogP contribution in [0.3, 0.4) is 0 Å². The summed E-state index contributed by atoms with van der Waals surface area (Å²) in [4.78, 5) is 23.5. The number of aryl methyl sites for hydroxylation is 1. The highest BCUT2D eigenvalue weighted by Gasteiger charge is 2.26. The van der Waals surface area contributed by atoms with Crippen LogP contribution in [0.5, 0.6) is 0 Å². The molecule has 1 aliphatic rings. The molecule has 0 atom stereocenters. The third-order valence-electron chi connectivity index (χ3n) is 5.34. The van der Waals surface area contributed by atoms with Crippen LogP contribution < -0.4 is 5.32 Å². The number of urea groups is 1. The summed E-state index contributed by atoms with van der Waals surface area (Å²) in [6.45, 7) is 4.20. The lowest BCUT2D eigenvalue weighted by atomic mass is 9.96. The molecule has 28 heavy (non-hydrogen) atoms. The number of nitrogens with one attached hydrogen (secondary N) is 1. The Morgan fingerprint density at radius 3 is 2.61 bits per heavy atom. The molecule has 0 spiro atoms. The SMILES string of the molecule is Cc1ccccc1NC(=O)N1CCC(c2nccn2Cc2ccccn2)CC1. The van der Waals surface area contributed by atoms with Crippen LogP contribution in [0.25, 0.3) is 0 Å². The molecule has 3 aromatic rings. The normalized spacial score (nSPS) is 14.8. The monoisotopic (exact) mass is 375 g/mol. The van der Waals surface area contributed by atoms with Gasteiger partial charge in [-0.1, -0.05) is 24.3 Å². The Balaban J connectivity index is 1.36. The van der Waals surface area contributed by atoms with E-state index in [4.69, 9.17) is 0 Å². The molecule has 0 bridgehead atoms. The predicted octanol–water partition coefficient (Wildman–Crippen LogP) is 4.05. The molecule has 0 saturated carbocycles. The van der Waals surface area contributed by atoms with Crippen LogP contribution >= 0.6 is 0 Å². The van der Waals surface area contributed by atoms with Gasteiger partial charge in [-0.2, -0.15) is 0 Å². The maximum atomic E-state index is 12.6. The van der Waals surface area contributed by atoms with Crippen LogP contribution in [0.4, 0.5) is 10.5 Å². The summed E-state index contributed by atoms with van der Waals surface area (Å²) in [6.07, 6.45) is 7.52. The fourth-order valence-corrected chi connectivity index (χ4v) is 3.73. The van der Waals surface area contributed by atoms with Gasteiger partial charge in [0.2, 0.25) is 0 Å². The minimum atomic E-state index is -0.0235. The topological polar surface area (TPSA) is 63.1 Å². The fraction of sp³-hybridized carbons (Fsp3) is 0.318. The molecule has 1 saturated heterocycles. The van der Waals surface area contributed by atoms with E-state index in [1.165, 1.54) is 0 Å². The minimum Gasteiger partial charge on any atom is -0.329 e. The Bertz CT molecular complexity index is 929. The Kier molecular flexibility index (Phi) is 5.37. The third kappa shape index (κ3) is 4.06. The van der Waals surface area contributed by atoms with Crippen LogP contribution in [-0.2, 0) is 6.54 Å². The van der Waals surface area contributed by atoms with Gasteiger partial charge in [0.15, 0.2) is 0 Å². The molecule has 1 N–H and O–H groups in total. The average molecular weight is 375 g/mol. The summed E-state index contributed by atoms with van der Waals surface area (Å²) in [7, 11) is 0. The van der Waals surface area contributed by atoms with Crippen molar-refractivity contribution in [1.82, 2.24) is 19.4 Å². The number of pyridine rings is 1. The summed E-state index contributed by atoms with van der Waals surface area (Å²) >= 11 is 0. The first-order valence-corrected chi connectivity index (χ1v) is 9.73. The molecule has 1 aromatic carbocycles. The number of imidazole rings is 1. The Hall–Kier alpha value is -3.15. The van der Waals surface area contributed by atoms with Crippen molar-refractivity contribution in [3.05, 3.63) is 78.1 Å². The zero-order chi connectivity index (χ0) is 19.3. The number of rotatable bonds is 4. The Labute approximate surface area is 165 Å². The minimum absolute atomic E-state index is 0.0235. The van der Waals surface area contributed by atoms with Crippen molar-refractivity contribution < 1.29 is 4.79 Å². The maximum Gasteiger partial charge on any atom is 0.321 e. The summed E-state index contributed by atoms with van der Waals surface area (Å²) in [5.74, 6) is 1.45. The molecule has 2 aromatic heterocycles. The molecule has 0 radical (unpaired) electrons. The molecule has 144 valence electrons. The largest absolute Gasteiger partial charge is 0.329 e. The van der Waals surface area contributed by atoms with Crippen molar-refractivity contribution >= 4 is 11.7 Å². The third-order valence-corrected chi connectivity index (χ3v) is 5.34. The van der Waals surface area contributed by atoms with Gasteiger partial charge in [0, 0.05) is 43.3 Å². The van der Waals surface area contributed by atoms with Gasteiger partial charge in [0.1, 0.15) is 5.82 Å². The van der Waals surface area contributed by atoms with Crippen molar-refractivity contribution in [2.75, 3.05) is 18.4 Å². The first-order valence-electron chi connectivity index (χ1n) is 9.73. The number of hydrogen-bond acceptors (Lipinski definition) is 3. The lowest BCUT2D eigenvalue weighted by Crippen LogP contribution is -2.41. The molecule has 1 aliphatic heterocycles. The lowest BCUT2D eigenvalue weighted by Gasteiger charge is -2.32. The van der Waals surface area contributed by atoms with Gasteiger partial charge in [-0.05, 0) is 43.5 Å². The number of aromatic nitrogens is 3. The number of carbonyl (C=O) groups is 1. The highest BCUT2D eigenvalue weighted by Crippen LogP contribution is 2.27. The van der Waals surface area contributed by atoms with E-state index in [2.05, 4.69) is 19.9 Å². The molecule has 4 rings (SSSR count). The lowest BCUT2D eigenvalue weighted by molar-refractivity contribution is 0.193. The highest BCUT2D eigenvalue weighted by molar-refractivity contribution is 5.90. The number of amides is 2. The van der Waals surface area contributed by atoms with E-state index in [0.29, 0.717) is 5.92 Å². The van der Waals surface area contributed by atoms with E-state index in [-0.39, 0.29) is 6.03 Å². The van der Waals surface area contributed by atoms with Gasteiger partial charge < -0.3 is 14.8 Å². The molecule has 0 unspecified atom stereocenters. The molecule has 6 heteroatoms. The van der Waals surface area contributed by atoms with E-state index in [1.54, 1.807) is 0 Å². The summed E-state index contributed by atoms with van der Waals surface area (Å²) < 4.78 is 2.18. The molecule has 2 amide bonds. The molecular formula is C22H25N5O. The van der Waals surface area contributed by atoms with E-state index in [1.807, 2.05) is 72.9 Å². The molecule has 0 aliphatic carbocycles. The molecule has 6 nitrogen and oxygen atoms in total. The van der Waals surface area contributed by atoms with E-state index in [0.717, 1.165) is 55.2 Å². The number of anilines is 1. The second-order valence-electron chi connectivity index (χ2n) is 7.24. The number of para-hydroxylation sites is 1. The molecule has 1 fully saturated rings. The van der Waals surface area contributed by atoms with Crippen molar-refractivity contribution in [3.63, 3.8) is 0 Å². The number of hydrogen-bond donors (Lipinski definition) is 1.